The van der Waals surface area contributed by atoms with Gasteiger partial charge in [-0.3, -0.25) is 9.89 Å². The largest absolute Gasteiger partial charge is 0.379 e. The van der Waals surface area contributed by atoms with Gasteiger partial charge in [0.25, 0.3) is 0 Å². The van der Waals surface area contributed by atoms with Gasteiger partial charge >= 0.3 is 0 Å². The Labute approximate surface area is 166 Å². The third-order valence-electron chi connectivity index (χ3n) is 5.57. The summed E-state index contributed by atoms with van der Waals surface area (Å²) in [6.45, 7) is 17.5. The summed E-state index contributed by atoms with van der Waals surface area (Å²) in [7, 11) is 0. The van der Waals surface area contributed by atoms with Crippen molar-refractivity contribution in [2.24, 2.45) is 10.4 Å². The molecule has 6 nitrogen and oxygen atoms in total. The Morgan fingerprint density at radius 2 is 1.74 bits per heavy atom. The Morgan fingerprint density at radius 3 is 2.37 bits per heavy atom. The highest BCUT2D eigenvalue weighted by atomic mass is 16.5. The highest BCUT2D eigenvalue weighted by Crippen LogP contribution is 2.37. The standard InChI is InChI=1S/C21H43N5O/c1-5-22-19(23-11-12-25-20(2,3)4)24-17-21(9-7-6-8-10-21)18-26-13-15-27-16-14-26/h25H,5-18H2,1-4H3,(H2,22,23,24). The van der Waals surface area contributed by atoms with E-state index < -0.39 is 0 Å². The van der Waals surface area contributed by atoms with E-state index >= 15 is 0 Å². The summed E-state index contributed by atoms with van der Waals surface area (Å²) in [6, 6.07) is 0. The maximum Gasteiger partial charge on any atom is 0.191 e. The molecule has 0 amide bonds. The van der Waals surface area contributed by atoms with Crippen molar-refractivity contribution in [2.45, 2.75) is 65.3 Å². The zero-order valence-corrected chi connectivity index (χ0v) is 18.2. The van der Waals surface area contributed by atoms with Gasteiger partial charge in [-0.25, -0.2) is 0 Å². The molecule has 27 heavy (non-hydrogen) atoms. The molecule has 0 aromatic carbocycles. The molecule has 3 N–H and O–H groups in total. The lowest BCUT2D eigenvalue weighted by Gasteiger charge is -2.41. The maximum absolute atomic E-state index is 5.54. The Kier molecular flexibility index (Phi) is 9.33. The van der Waals surface area contributed by atoms with Crippen molar-refractivity contribution in [1.82, 2.24) is 20.9 Å². The molecule has 6 heteroatoms. The molecular formula is C21H43N5O. The second-order valence-corrected chi connectivity index (χ2v) is 9.25. The number of aliphatic imine (C=N–C) groups is 1. The predicted octanol–water partition coefficient (Wildman–Crippen LogP) is 2.21. The van der Waals surface area contributed by atoms with Gasteiger partial charge in [-0.05, 0) is 40.5 Å². The van der Waals surface area contributed by atoms with Crippen molar-refractivity contribution < 1.29 is 4.74 Å². The van der Waals surface area contributed by atoms with Gasteiger partial charge in [0.2, 0.25) is 0 Å². The first kappa shape index (κ1) is 22.4. The van der Waals surface area contributed by atoms with Crippen molar-refractivity contribution >= 4 is 5.96 Å². The van der Waals surface area contributed by atoms with Crippen LogP contribution in [0, 0.1) is 5.41 Å². The van der Waals surface area contributed by atoms with Gasteiger partial charge in [0.15, 0.2) is 5.96 Å². The Morgan fingerprint density at radius 1 is 1.04 bits per heavy atom. The highest BCUT2D eigenvalue weighted by molar-refractivity contribution is 5.79. The third kappa shape index (κ3) is 8.79. The molecular weight excluding hydrogens is 338 g/mol. The lowest BCUT2D eigenvalue weighted by molar-refractivity contribution is 0.00937. The second-order valence-electron chi connectivity index (χ2n) is 9.25. The summed E-state index contributed by atoms with van der Waals surface area (Å²) in [5.41, 5.74) is 0.489. The van der Waals surface area contributed by atoms with Crippen LogP contribution in [-0.4, -0.2) is 75.4 Å². The molecule has 1 heterocycles. The van der Waals surface area contributed by atoms with Gasteiger partial charge in [-0.1, -0.05) is 19.3 Å². The average Bonchev–Trinajstić information content (AvgIpc) is 2.64. The van der Waals surface area contributed by atoms with Crippen molar-refractivity contribution in [2.75, 3.05) is 59.0 Å². The first-order valence-electron chi connectivity index (χ1n) is 11.0. The molecule has 1 saturated carbocycles. The van der Waals surface area contributed by atoms with Crippen molar-refractivity contribution in [1.29, 1.82) is 0 Å². The number of guanidine groups is 1. The molecule has 0 aromatic rings. The maximum atomic E-state index is 5.54. The summed E-state index contributed by atoms with van der Waals surface area (Å²) in [4.78, 5) is 7.61. The van der Waals surface area contributed by atoms with Crippen molar-refractivity contribution in [3.05, 3.63) is 0 Å². The fraction of sp³-hybridized carbons (Fsp3) is 0.952. The Hall–Kier alpha value is -0.850. The molecule has 0 bridgehead atoms. The van der Waals surface area contributed by atoms with Crippen LogP contribution in [0.3, 0.4) is 0 Å². The molecule has 158 valence electrons. The van der Waals surface area contributed by atoms with E-state index in [1.165, 1.54) is 38.6 Å². The highest BCUT2D eigenvalue weighted by Gasteiger charge is 2.34. The smallest absolute Gasteiger partial charge is 0.191 e. The fourth-order valence-electron chi connectivity index (χ4n) is 4.11. The lowest BCUT2D eigenvalue weighted by atomic mass is 9.73. The minimum absolute atomic E-state index is 0.154. The minimum atomic E-state index is 0.154. The first-order chi connectivity index (χ1) is 12.9. The molecule has 0 aromatic heterocycles. The Balaban J connectivity index is 1.91. The van der Waals surface area contributed by atoms with Gasteiger partial charge in [-0.2, -0.15) is 0 Å². The van der Waals surface area contributed by atoms with Crippen LogP contribution in [-0.2, 0) is 4.74 Å². The topological polar surface area (TPSA) is 60.9 Å². The second kappa shape index (κ2) is 11.2. The van der Waals surface area contributed by atoms with Crippen LogP contribution < -0.4 is 16.0 Å². The molecule has 2 fully saturated rings. The zero-order valence-electron chi connectivity index (χ0n) is 18.2. The molecule has 0 unspecified atom stereocenters. The Bertz CT molecular complexity index is 434. The van der Waals surface area contributed by atoms with Crippen LogP contribution in [0.4, 0.5) is 0 Å². The van der Waals surface area contributed by atoms with Crippen molar-refractivity contribution in [3.8, 4) is 0 Å². The van der Waals surface area contributed by atoms with E-state index in [-0.39, 0.29) is 5.54 Å². The number of nitrogens with zero attached hydrogens (tertiary/aromatic N) is 2. The molecule has 1 aliphatic heterocycles. The van der Waals surface area contributed by atoms with E-state index in [0.29, 0.717) is 5.41 Å². The van der Waals surface area contributed by atoms with Crippen molar-refractivity contribution in [3.63, 3.8) is 0 Å². The number of nitrogens with one attached hydrogen (secondary N) is 3. The number of ether oxygens (including phenoxy) is 1. The lowest BCUT2D eigenvalue weighted by Crippen LogP contribution is -2.47. The van der Waals surface area contributed by atoms with E-state index in [1.807, 2.05) is 0 Å². The monoisotopic (exact) mass is 381 g/mol. The number of rotatable bonds is 8. The molecule has 2 rings (SSSR count). The number of morpholine rings is 1. The normalized spacial score (nSPS) is 21.9. The van der Waals surface area contributed by atoms with E-state index in [2.05, 4.69) is 48.5 Å². The first-order valence-corrected chi connectivity index (χ1v) is 11.0. The number of hydrogen-bond donors (Lipinski definition) is 3. The van der Waals surface area contributed by atoms with Crippen LogP contribution in [0.2, 0.25) is 0 Å². The number of hydrogen-bond acceptors (Lipinski definition) is 4. The summed E-state index contributed by atoms with van der Waals surface area (Å²) in [6.07, 6.45) is 6.68. The summed E-state index contributed by atoms with van der Waals surface area (Å²) in [5.74, 6) is 0.958. The van der Waals surface area contributed by atoms with Gasteiger partial charge < -0.3 is 20.7 Å². The molecule has 0 atom stereocenters. The van der Waals surface area contributed by atoms with Crippen LogP contribution in [0.5, 0.6) is 0 Å². The van der Waals surface area contributed by atoms with E-state index in [1.54, 1.807) is 0 Å². The molecule has 0 radical (unpaired) electrons. The summed E-state index contributed by atoms with van der Waals surface area (Å²) in [5, 5.41) is 10.4. The van der Waals surface area contributed by atoms with Crippen LogP contribution in [0.1, 0.15) is 59.8 Å². The summed E-state index contributed by atoms with van der Waals surface area (Å²) < 4.78 is 5.54. The van der Waals surface area contributed by atoms with Crippen LogP contribution in [0.25, 0.3) is 0 Å². The molecule has 2 aliphatic rings. The molecule has 1 aliphatic carbocycles. The predicted molar refractivity (Wildman–Crippen MR) is 115 cm³/mol. The fourth-order valence-corrected chi connectivity index (χ4v) is 4.11. The van der Waals surface area contributed by atoms with E-state index in [4.69, 9.17) is 9.73 Å². The zero-order chi connectivity index (χ0) is 19.6. The van der Waals surface area contributed by atoms with Gasteiger partial charge in [-0.15, -0.1) is 0 Å². The third-order valence-corrected chi connectivity index (χ3v) is 5.57. The van der Waals surface area contributed by atoms with Crippen LogP contribution >= 0.6 is 0 Å². The van der Waals surface area contributed by atoms with E-state index in [9.17, 15) is 0 Å². The quantitative estimate of drug-likeness (QED) is 0.342. The van der Waals surface area contributed by atoms with E-state index in [0.717, 1.165) is 58.4 Å². The summed E-state index contributed by atoms with van der Waals surface area (Å²) >= 11 is 0. The molecule has 0 spiro atoms. The SMILES string of the molecule is CCNC(=NCC1(CN2CCOCC2)CCCCC1)NCCNC(C)(C)C. The van der Waals surface area contributed by atoms with Gasteiger partial charge in [0.1, 0.15) is 0 Å². The van der Waals surface area contributed by atoms with Gasteiger partial charge in [0, 0.05) is 56.8 Å². The van der Waals surface area contributed by atoms with Gasteiger partial charge in [0.05, 0.1) is 13.2 Å². The minimum Gasteiger partial charge on any atom is -0.379 e. The molecule has 1 saturated heterocycles. The average molecular weight is 382 g/mol. The van der Waals surface area contributed by atoms with Crippen LogP contribution in [0.15, 0.2) is 4.99 Å².